The fourth-order valence-corrected chi connectivity index (χ4v) is 2.96. The molecule has 1 amide bonds. The first-order valence-electron chi connectivity index (χ1n) is 7.43. The van der Waals surface area contributed by atoms with Crippen molar-refractivity contribution >= 4 is 17.6 Å². The highest BCUT2D eigenvalue weighted by atomic mass is 16.4. The smallest absolute Gasteiger partial charge is 0.326 e. The van der Waals surface area contributed by atoms with Crippen LogP contribution in [-0.2, 0) is 16.0 Å². The molecule has 0 radical (unpaired) electrons. The highest BCUT2D eigenvalue weighted by Gasteiger charge is 2.30. The minimum atomic E-state index is -0.942. The van der Waals surface area contributed by atoms with Gasteiger partial charge < -0.3 is 16.2 Å². The molecule has 1 aromatic rings. The number of amides is 1. The van der Waals surface area contributed by atoms with Gasteiger partial charge in [-0.25, -0.2) is 4.79 Å². The average molecular weight is 290 g/mol. The molecule has 1 saturated carbocycles. The lowest BCUT2D eigenvalue weighted by molar-refractivity contribution is -0.143. The molecule has 4 N–H and O–H groups in total. The van der Waals surface area contributed by atoms with E-state index >= 15 is 0 Å². The monoisotopic (exact) mass is 290 g/mol. The highest BCUT2D eigenvalue weighted by molar-refractivity contribution is 5.85. The van der Waals surface area contributed by atoms with Gasteiger partial charge in [-0.1, -0.05) is 31.4 Å². The largest absolute Gasteiger partial charge is 0.480 e. The zero-order valence-electron chi connectivity index (χ0n) is 12.0. The van der Waals surface area contributed by atoms with Gasteiger partial charge in [-0.3, -0.25) is 4.79 Å². The molecule has 0 aliphatic heterocycles. The summed E-state index contributed by atoms with van der Waals surface area (Å²) < 4.78 is 0. The van der Waals surface area contributed by atoms with Gasteiger partial charge in [-0.2, -0.15) is 0 Å². The fourth-order valence-electron chi connectivity index (χ4n) is 2.96. The Labute approximate surface area is 124 Å². The summed E-state index contributed by atoms with van der Waals surface area (Å²) in [5.74, 6) is -1.16. The minimum Gasteiger partial charge on any atom is -0.480 e. The van der Waals surface area contributed by atoms with Crippen LogP contribution >= 0.6 is 0 Å². The molecule has 1 aliphatic rings. The van der Waals surface area contributed by atoms with Crippen LogP contribution in [0.2, 0.25) is 0 Å². The summed E-state index contributed by atoms with van der Waals surface area (Å²) in [6.45, 7) is 0. The molecule has 1 atom stereocenters. The number of carboxylic acid groups (broad SMARTS) is 1. The van der Waals surface area contributed by atoms with Crippen LogP contribution in [0.5, 0.6) is 0 Å². The lowest BCUT2D eigenvalue weighted by Crippen LogP contribution is -2.47. The molecule has 21 heavy (non-hydrogen) atoms. The first kappa shape index (κ1) is 15.4. The van der Waals surface area contributed by atoms with Gasteiger partial charge in [0.05, 0.1) is 6.42 Å². The number of nitrogen functional groups attached to an aromatic ring is 1. The van der Waals surface area contributed by atoms with Gasteiger partial charge in [0, 0.05) is 5.69 Å². The summed E-state index contributed by atoms with van der Waals surface area (Å²) in [5, 5.41) is 12.0. The zero-order chi connectivity index (χ0) is 15.2. The van der Waals surface area contributed by atoms with Crippen molar-refractivity contribution < 1.29 is 14.7 Å². The first-order valence-corrected chi connectivity index (χ1v) is 7.43. The standard InChI is InChI=1S/C16H22N2O3/c17-13-8-4-5-11(9-13)10-14(19)18-15(16(20)21)12-6-2-1-3-7-12/h4-5,8-9,12,15H,1-3,6-7,10,17H2,(H,18,19)(H,20,21). The molecule has 114 valence electrons. The maximum absolute atomic E-state index is 12.1. The summed E-state index contributed by atoms with van der Waals surface area (Å²) in [6, 6.07) is 6.30. The number of nitrogens with two attached hydrogens (primary N) is 1. The highest BCUT2D eigenvalue weighted by Crippen LogP contribution is 2.26. The number of hydrogen-bond donors (Lipinski definition) is 3. The predicted molar refractivity (Wildman–Crippen MR) is 80.7 cm³/mol. The van der Waals surface area contributed by atoms with Gasteiger partial charge in [-0.15, -0.1) is 0 Å². The second kappa shape index (κ2) is 7.11. The van der Waals surface area contributed by atoms with Crippen molar-refractivity contribution in [3.63, 3.8) is 0 Å². The summed E-state index contributed by atoms with van der Waals surface area (Å²) in [6.07, 6.45) is 5.13. The van der Waals surface area contributed by atoms with E-state index in [0.717, 1.165) is 37.7 Å². The molecular formula is C16H22N2O3. The number of benzene rings is 1. The lowest BCUT2D eigenvalue weighted by atomic mass is 9.84. The van der Waals surface area contributed by atoms with E-state index in [9.17, 15) is 14.7 Å². The van der Waals surface area contributed by atoms with E-state index < -0.39 is 12.0 Å². The number of rotatable bonds is 5. The second-order valence-electron chi connectivity index (χ2n) is 5.70. The zero-order valence-corrected chi connectivity index (χ0v) is 12.0. The first-order chi connectivity index (χ1) is 10.1. The number of anilines is 1. The number of nitrogens with one attached hydrogen (secondary N) is 1. The molecule has 1 aromatic carbocycles. The molecule has 2 rings (SSSR count). The molecular weight excluding hydrogens is 268 g/mol. The van der Waals surface area contributed by atoms with Gasteiger partial charge >= 0.3 is 5.97 Å². The van der Waals surface area contributed by atoms with E-state index in [1.54, 1.807) is 18.2 Å². The van der Waals surface area contributed by atoms with Crippen LogP contribution in [0, 0.1) is 5.92 Å². The molecule has 0 bridgehead atoms. The second-order valence-corrected chi connectivity index (χ2v) is 5.70. The SMILES string of the molecule is Nc1cccc(CC(=O)NC(C(=O)O)C2CCCCC2)c1. The van der Waals surface area contributed by atoms with Crippen molar-refractivity contribution in [2.24, 2.45) is 5.92 Å². The van der Waals surface area contributed by atoms with Gasteiger partial charge in [0.25, 0.3) is 0 Å². The van der Waals surface area contributed by atoms with Crippen molar-refractivity contribution in [3.8, 4) is 0 Å². The molecule has 0 saturated heterocycles. The third kappa shape index (κ3) is 4.48. The van der Waals surface area contributed by atoms with Crippen LogP contribution < -0.4 is 11.1 Å². The third-order valence-corrected chi connectivity index (χ3v) is 4.02. The predicted octanol–water partition coefficient (Wildman–Crippen LogP) is 1.96. The molecule has 1 fully saturated rings. The molecule has 5 heteroatoms. The topological polar surface area (TPSA) is 92.4 Å². The third-order valence-electron chi connectivity index (χ3n) is 4.02. The fraction of sp³-hybridized carbons (Fsp3) is 0.500. The summed E-state index contributed by atoms with van der Waals surface area (Å²) >= 11 is 0. The van der Waals surface area contributed by atoms with Crippen molar-refractivity contribution in [1.29, 1.82) is 0 Å². The summed E-state index contributed by atoms with van der Waals surface area (Å²) in [7, 11) is 0. The van der Waals surface area contributed by atoms with E-state index in [1.165, 1.54) is 0 Å². The Morgan fingerprint density at radius 1 is 1.29 bits per heavy atom. The van der Waals surface area contributed by atoms with E-state index in [4.69, 9.17) is 5.73 Å². The number of aliphatic carboxylic acids is 1. The van der Waals surface area contributed by atoms with Crippen LogP contribution in [0.25, 0.3) is 0 Å². The van der Waals surface area contributed by atoms with Crippen molar-refractivity contribution in [2.75, 3.05) is 5.73 Å². The Balaban J connectivity index is 1.96. The Bertz CT molecular complexity index is 510. The van der Waals surface area contributed by atoms with Crippen LogP contribution in [0.1, 0.15) is 37.7 Å². The molecule has 1 unspecified atom stereocenters. The number of carboxylic acids is 1. The summed E-state index contributed by atoms with van der Waals surface area (Å²) in [5.41, 5.74) is 7.07. The van der Waals surface area contributed by atoms with Crippen molar-refractivity contribution in [1.82, 2.24) is 5.32 Å². The van der Waals surface area contributed by atoms with Gasteiger partial charge in [0.15, 0.2) is 0 Å². The van der Waals surface area contributed by atoms with Crippen LogP contribution in [0.4, 0.5) is 5.69 Å². The van der Waals surface area contributed by atoms with Crippen LogP contribution in [0.15, 0.2) is 24.3 Å². The average Bonchev–Trinajstić information content (AvgIpc) is 2.45. The quantitative estimate of drug-likeness (QED) is 0.723. The number of carbonyl (C=O) groups excluding carboxylic acids is 1. The van der Waals surface area contributed by atoms with E-state index in [1.807, 2.05) is 6.07 Å². The number of hydrogen-bond acceptors (Lipinski definition) is 3. The Morgan fingerprint density at radius 3 is 2.62 bits per heavy atom. The lowest BCUT2D eigenvalue weighted by Gasteiger charge is -2.28. The Hall–Kier alpha value is -2.04. The van der Waals surface area contributed by atoms with Crippen LogP contribution in [0.3, 0.4) is 0 Å². The summed E-state index contributed by atoms with van der Waals surface area (Å²) in [4.78, 5) is 23.5. The minimum absolute atomic E-state index is 0.0426. The molecule has 1 aliphatic carbocycles. The normalized spacial score (nSPS) is 17.1. The molecule has 0 aromatic heterocycles. The number of carbonyl (C=O) groups is 2. The van der Waals surface area contributed by atoms with Crippen molar-refractivity contribution in [3.05, 3.63) is 29.8 Å². The maximum atomic E-state index is 12.1. The molecule has 5 nitrogen and oxygen atoms in total. The Morgan fingerprint density at radius 2 is 2.00 bits per heavy atom. The van der Waals surface area contributed by atoms with Crippen molar-refractivity contribution in [2.45, 2.75) is 44.6 Å². The maximum Gasteiger partial charge on any atom is 0.326 e. The van der Waals surface area contributed by atoms with Gasteiger partial charge in [0.1, 0.15) is 6.04 Å². The molecule has 0 heterocycles. The van der Waals surface area contributed by atoms with E-state index in [2.05, 4.69) is 5.32 Å². The van der Waals surface area contributed by atoms with E-state index in [0.29, 0.717) is 5.69 Å². The Kier molecular flexibility index (Phi) is 5.20. The van der Waals surface area contributed by atoms with Gasteiger partial charge in [0.2, 0.25) is 5.91 Å². The van der Waals surface area contributed by atoms with Crippen LogP contribution in [-0.4, -0.2) is 23.0 Å². The van der Waals surface area contributed by atoms with E-state index in [-0.39, 0.29) is 18.2 Å². The molecule has 0 spiro atoms. The van der Waals surface area contributed by atoms with Gasteiger partial charge in [-0.05, 0) is 36.5 Å².